The van der Waals surface area contributed by atoms with Crippen molar-refractivity contribution in [2.75, 3.05) is 19.8 Å². The third kappa shape index (κ3) is 15.4. The first-order valence-corrected chi connectivity index (χ1v) is 31.1. The molecule has 0 N–H and O–H groups in total. The topological polar surface area (TPSA) is 83.3 Å². The fraction of sp³-hybridized carbons (Fsp3) is 0.400. The van der Waals surface area contributed by atoms with Crippen molar-refractivity contribution in [1.29, 1.82) is 0 Å². The van der Waals surface area contributed by atoms with Gasteiger partial charge in [0.25, 0.3) is 0 Å². The Kier molecular flexibility index (Phi) is 21.8. The Morgan fingerprint density at radius 2 is 0.488 bits per heavy atom. The molecule has 7 nitrogen and oxygen atoms in total. The minimum absolute atomic E-state index is 0.299. The molecule has 82 heavy (non-hydrogen) atoms. The van der Waals surface area contributed by atoms with Gasteiger partial charge in [-0.1, -0.05) is 191 Å². The van der Waals surface area contributed by atoms with E-state index < -0.39 is 0 Å². The zero-order chi connectivity index (χ0) is 56.9. The molecule has 6 aromatic carbocycles. The minimum atomic E-state index is -0.299. The molecule has 0 amide bonds. The summed E-state index contributed by atoms with van der Waals surface area (Å²) in [6.45, 7) is 8.77. The summed E-state index contributed by atoms with van der Waals surface area (Å²) in [5.41, 5.74) is 4.37. The molecule has 422 valence electrons. The average molecular weight is 1090 g/mol. The van der Waals surface area contributed by atoms with Crippen molar-refractivity contribution >= 4 is 48.9 Å². The number of benzene rings is 6. The summed E-state index contributed by atoms with van der Waals surface area (Å²) in [4.78, 5) is 45.0. The van der Waals surface area contributed by atoms with Crippen LogP contribution in [0.3, 0.4) is 0 Å². The first-order valence-electron chi connectivity index (χ1n) is 31.1. The Labute approximate surface area is 485 Å². The van der Waals surface area contributed by atoms with Gasteiger partial charge >= 0.3 is 0 Å². The summed E-state index contributed by atoms with van der Waals surface area (Å²) in [5.74, 6) is 22.0. The van der Waals surface area contributed by atoms with Gasteiger partial charge in [-0.2, -0.15) is 0 Å². The lowest BCUT2D eigenvalue weighted by atomic mass is 9.94. The summed E-state index contributed by atoms with van der Waals surface area (Å²) >= 11 is 0. The molecule has 0 saturated heterocycles. The molecule has 0 saturated carbocycles. The van der Waals surface area contributed by atoms with E-state index in [9.17, 15) is 14.4 Å². The van der Waals surface area contributed by atoms with E-state index in [2.05, 4.69) is 56.3 Å². The number of hydrogen-bond acceptors (Lipinski definition) is 6. The summed E-state index contributed by atoms with van der Waals surface area (Å²) < 4.78 is 20.1. The smallest absolute Gasteiger partial charge is 0.197 e. The number of hydrogen-bond donors (Lipinski definition) is 0. The van der Waals surface area contributed by atoms with Gasteiger partial charge in [0.1, 0.15) is 17.2 Å². The normalized spacial score (nSPS) is 11.3. The van der Waals surface area contributed by atoms with Crippen LogP contribution in [-0.4, -0.2) is 24.2 Å². The van der Waals surface area contributed by atoms with Crippen LogP contribution in [0.5, 0.6) is 17.2 Å². The molecular formula is C75H81NO6. The molecule has 0 aliphatic carbocycles. The first kappa shape index (κ1) is 58.9. The third-order valence-corrected chi connectivity index (χ3v) is 15.9. The van der Waals surface area contributed by atoms with Crippen molar-refractivity contribution in [3.63, 3.8) is 0 Å². The highest BCUT2D eigenvalue weighted by Crippen LogP contribution is 2.34. The van der Waals surface area contributed by atoms with Gasteiger partial charge in [-0.3, -0.25) is 14.4 Å². The van der Waals surface area contributed by atoms with Crippen LogP contribution in [0.2, 0.25) is 0 Å². The van der Waals surface area contributed by atoms with Crippen molar-refractivity contribution in [2.24, 2.45) is 0 Å². The zero-order valence-corrected chi connectivity index (χ0v) is 48.9. The monoisotopic (exact) mass is 1090 g/mol. The number of rotatable bonds is 30. The van der Waals surface area contributed by atoms with Crippen molar-refractivity contribution in [3.8, 4) is 52.8 Å². The molecule has 0 unspecified atom stereocenters. The fourth-order valence-corrected chi connectivity index (χ4v) is 11.3. The lowest BCUT2D eigenvalue weighted by Gasteiger charge is -2.19. The van der Waals surface area contributed by atoms with Crippen molar-refractivity contribution in [1.82, 2.24) is 4.40 Å². The number of unbranched alkanes of at least 4 members (excludes halogenated alkanes) is 21. The van der Waals surface area contributed by atoms with Gasteiger partial charge in [0, 0.05) is 65.7 Å². The van der Waals surface area contributed by atoms with Crippen molar-refractivity contribution in [2.45, 2.75) is 175 Å². The lowest BCUT2D eigenvalue weighted by Crippen LogP contribution is -2.19. The van der Waals surface area contributed by atoms with Gasteiger partial charge in [-0.25, -0.2) is 0 Å². The van der Waals surface area contributed by atoms with Gasteiger partial charge in [-0.05, 0) is 128 Å². The lowest BCUT2D eigenvalue weighted by molar-refractivity contribution is 0.304. The highest BCUT2D eigenvalue weighted by atomic mass is 16.5. The van der Waals surface area contributed by atoms with Crippen LogP contribution in [0.1, 0.15) is 208 Å². The van der Waals surface area contributed by atoms with Gasteiger partial charge in [0.15, 0.2) is 16.3 Å². The van der Waals surface area contributed by atoms with E-state index in [1.54, 1.807) is 36.4 Å². The van der Waals surface area contributed by atoms with E-state index in [-0.39, 0.29) is 16.3 Å². The van der Waals surface area contributed by atoms with Gasteiger partial charge in [-0.15, -0.1) is 0 Å². The van der Waals surface area contributed by atoms with Crippen molar-refractivity contribution < 1.29 is 14.2 Å². The maximum absolute atomic E-state index is 15.0. The Morgan fingerprint density at radius 3 is 0.720 bits per heavy atom. The molecule has 0 bridgehead atoms. The fourth-order valence-electron chi connectivity index (χ4n) is 11.3. The van der Waals surface area contributed by atoms with Gasteiger partial charge < -0.3 is 18.6 Å². The van der Waals surface area contributed by atoms with Crippen LogP contribution in [0, 0.1) is 35.5 Å². The second-order valence-corrected chi connectivity index (χ2v) is 22.4. The highest BCUT2D eigenvalue weighted by Gasteiger charge is 2.24. The quantitative estimate of drug-likeness (QED) is 0.0193. The molecule has 3 heterocycles. The highest BCUT2D eigenvalue weighted by molar-refractivity contribution is 6.17. The standard InChI is InChI=1S/C75H81NO6/c1-4-7-10-13-16-19-22-25-46-80-61-40-34-55(35-41-61)28-31-58-49-64-70-65(50-58)74(78)67-52-60(33-30-57-38-44-63(45-39-57)82-48-27-24-21-18-15-12-9-6-3)54-69-72(67)76(70)71-66(73(64)77)51-59(53-68(71)75(69)79)32-29-56-36-42-62(43-37-56)81-47-26-23-20-17-14-11-8-5-2/h34-45,49-54H,4-27,46-48H2,1-3H3. The summed E-state index contributed by atoms with van der Waals surface area (Å²) in [7, 11) is 0. The van der Waals surface area contributed by atoms with Crippen LogP contribution in [0.25, 0.3) is 48.9 Å². The SMILES string of the molecule is CCCCCCCCCCOc1ccc(C#Cc2cc3c(=O)c4cc(C#Cc5ccc(OCCCCCCCCCC)cc5)cc5c(=O)c6cc(C#Cc7ccc(OCCCCCCCCCC)cc7)cc7c(=O)c(c2)c3n(c45)c76)cc1. The average Bonchev–Trinajstić information content (AvgIpc) is 3.21. The summed E-state index contributed by atoms with van der Waals surface area (Å²) in [6.07, 6.45) is 29.8. The Bertz CT molecular complexity index is 3370. The maximum atomic E-state index is 15.0. The zero-order valence-electron chi connectivity index (χ0n) is 48.9. The predicted octanol–water partition coefficient (Wildman–Crippen LogP) is 17.7. The molecule has 0 spiro atoms. The van der Waals surface area contributed by atoms with Crippen LogP contribution in [0.4, 0.5) is 0 Å². The van der Waals surface area contributed by atoms with Crippen LogP contribution in [-0.2, 0) is 0 Å². The number of ether oxygens (including phenoxy) is 3. The van der Waals surface area contributed by atoms with Crippen LogP contribution >= 0.6 is 0 Å². The summed E-state index contributed by atoms with van der Waals surface area (Å²) in [6, 6.07) is 33.9. The van der Waals surface area contributed by atoms with E-state index in [1.807, 2.05) is 77.2 Å². The second-order valence-electron chi connectivity index (χ2n) is 22.4. The minimum Gasteiger partial charge on any atom is -0.494 e. The van der Waals surface area contributed by atoms with E-state index >= 15 is 0 Å². The molecule has 3 aromatic heterocycles. The predicted molar refractivity (Wildman–Crippen MR) is 341 cm³/mol. The first-order chi connectivity index (χ1) is 40.3. The van der Waals surface area contributed by atoms with Crippen LogP contribution in [0.15, 0.2) is 124 Å². The molecule has 9 rings (SSSR count). The number of aromatic nitrogens is 1. The third-order valence-electron chi connectivity index (χ3n) is 15.9. The van der Waals surface area contributed by atoms with E-state index in [0.29, 0.717) is 85.4 Å². The Morgan fingerprint density at radius 1 is 0.280 bits per heavy atom. The number of nitrogens with zero attached hydrogens (tertiary/aromatic N) is 1. The Hall–Kier alpha value is -7.79. The van der Waals surface area contributed by atoms with E-state index in [4.69, 9.17) is 14.2 Å². The molecule has 7 heteroatoms. The molecule has 0 radical (unpaired) electrons. The van der Waals surface area contributed by atoms with E-state index in [0.717, 1.165) is 53.2 Å². The Balaban J connectivity index is 1.01. The van der Waals surface area contributed by atoms with Gasteiger partial charge in [0.05, 0.1) is 36.4 Å². The van der Waals surface area contributed by atoms with E-state index in [1.165, 1.54) is 135 Å². The van der Waals surface area contributed by atoms with Crippen LogP contribution < -0.4 is 30.5 Å². The van der Waals surface area contributed by atoms with Gasteiger partial charge in [0.2, 0.25) is 0 Å². The maximum Gasteiger partial charge on any atom is 0.197 e. The molecule has 0 fully saturated rings. The largest absolute Gasteiger partial charge is 0.494 e. The molecule has 0 aliphatic rings. The van der Waals surface area contributed by atoms with Crippen molar-refractivity contribution in [3.05, 3.63) is 173 Å². The molecule has 9 aromatic rings. The molecular weight excluding hydrogens is 1010 g/mol. The summed E-state index contributed by atoms with van der Waals surface area (Å²) in [5, 5.41) is 2.03. The number of pyridine rings is 3. The molecule has 0 aliphatic heterocycles. The second kappa shape index (κ2) is 30.3. The molecule has 0 atom stereocenters.